The number of H-pyrrole nitrogens is 1. The third-order valence-electron chi connectivity index (χ3n) is 7.41. The van der Waals surface area contributed by atoms with Crippen LogP contribution in [0.3, 0.4) is 0 Å². The van der Waals surface area contributed by atoms with Crippen LogP contribution in [0.25, 0.3) is 16.6 Å². The molecular weight excluding hydrogens is 578 g/mol. The van der Waals surface area contributed by atoms with E-state index >= 15 is 0 Å². The number of para-hydroxylation sites is 1. The highest BCUT2D eigenvalue weighted by molar-refractivity contribution is 7.90. The molecule has 1 aliphatic rings. The van der Waals surface area contributed by atoms with E-state index in [0.717, 1.165) is 24.8 Å². The minimum atomic E-state index is -1.65. The molecule has 1 aliphatic carbocycles. The monoisotopic (exact) mass is 606 g/mol. The van der Waals surface area contributed by atoms with Crippen molar-refractivity contribution in [1.82, 2.24) is 19.5 Å². The van der Waals surface area contributed by atoms with Gasteiger partial charge in [0.15, 0.2) is 28.9 Å². The van der Waals surface area contributed by atoms with E-state index < -0.39 is 23.1 Å². The number of anilines is 2. The maximum absolute atomic E-state index is 14.1. The van der Waals surface area contributed by atoms with E-state index in [1.165, 1.54) is 29.1 Å². The van der Waals surface area contributed by atoms with E-state index in [0.29, 0.717) is 28.8 Å². The molecule has 5 aromatic rings. The zero-order valence-corrected chi connectivity index (χ0v) is 23.8. The van der Waals surface area contributed by atoms with Gasteiger partial charge in [-0.3, -0.25) is 9.74 Å². The van der Waals surface area contributed by atoms with E-state index in [4.69, 9.17) is 10.5 Å². The molecule has 1 atom stereocenters. The number of ether oxygens (including phenoxy) is 1. The molecule has 0 radical (unpaired) electrons. The first-order chi connectivity index (χ1) is 20.8. The van der Waals surface area contributed by atoms with Crippen molar-refractivity contribution in [1.29, 1.82) is 0 Å². The fourth-order valence-electron chi connectivity index (χ4n) is 4.87. The predicted octanol–water partition coefficient (Wildman–Crippen LogP) is 6.06. The van der Waals surface area contributed by atoms with Gasteiger partial charge in [0.2, 0.25) is 5.78 Å². The molecule has 10 nitrogen and oxygen atoms in total. The predicted molar refractivity (Wildman–Crippen MR) is 160 cm³/mol. The van der Waals surface area contributed by atoms with Crippen molar-refractivity contribution in [3.05, 3.63) is 89.5 Å². The Morgan fingerprint density at radius 2 is 2.00 bits per heavy atom. The smallest absolute Gasteiger partial charge is 0.214 e. The Morgan fingerprint density at radius 1 is 1.19 bits per heavy atom. The summed E-state index contributed by atoms with van der Waals surface area (Å²) in [6, 6.07) is 15.9. The van der Waals surface area contributed by atoms with Crippen molar-refractivity contribution in [3.8, 4) is 22.9 Å². The molecule has 0 spiro atoms. The van der Waals surface area contributed by atoms with Crippen molar-refractivity contribution >= 4 is 39.7 Å². The molecule has 43 heavy (non-hydrogen) atoms. The van der Waals surface area contributed by atoms with Gasteiger partial charge in [0.1, 0.15) is 17.3 Å². The quantitative estimate of drug-likeness (QED) is 0.105. The third kappa shape index (κ3) is 5.74. The van der Waals surface area contributed by atoms with Gasteiger partial charge in [0.05, 0.1) is 29.2 Å². The molecule has 3 aromatic carbocycles. The van der Waals surface area contributed by atoms with E-state index in [2.05, 4.69) is 24.5 Å². The molecule has 1 unspecified atom stereocenters. The number of aromatic amines is 1. The Balaban J connectivity index is 1.25. The minimum absolute atomic E-state index is 0.105. The van der Waals surface area contributed by atoms with Crippen LogP contribution in [0.1, 0.15) is 47.8 Å². The third-order valence-corrected chi connectivity index (χ3v) is 8.36. The van der Waals surface area contributed by atoms with E-state index in [1.807, 2.05) is 6.92 Å². The van der Waals surface area contributed by atoms with Gasteiger partial charge in [-0.15, -0.1) is 4.72 Å². The highest BCUT2D eigenvalue weighted by Gasteiger charge is 2.25. The second kappa shape index (κ2) is 12.0. The second-order valence-corrected chi connectivity index (χ2v) is 11.2. The van der Waals surface area contributed by atoms with Crippen LogP contribution in [0, 0.1) is 5.82 Å². The number of hydrogen-bond acceptors (Lipinski definition) is 8. The fourth-order valence-corrected chi connectivity index (χ4v) is 5.83. The lowest BCUT2D eigenvalue weighted by Gasteiger charge is -2.26. The number of rotatable bonds is 11. The SMILES string of the molecule is CCc1cc(Oc2ccccc2F)ccc1-n1ncc(C(=O)c2cc3cc(OF)c(N[S+]([O-])NC4CCC4)cc3[nH]2)c1N. The molecular formula is C30H28F2N6O4S. The first kappa shape index (κ1) is 28.5. The summed E-state index contributed by atoms with van der Waals surface area (Å²) in [7, 11) is 0. The van der Waals surface area contributed by atoms with Crippen LogP contribution in [0.5, 0.6) is 17.2 Å². The Kier molecular flexibility index (Phi) is 7.93. The summed E-state index contributed by atoms with van der Waals surface area (Å²) in [6.45, 7) is 1.94. The summed E-state index contributed by atoms with van der Waals surface area (Å²) >= 11 is -1.65. The van der Waals surface area contributed by atoms with Crippen molar-refractivity contribution < 1.29 is 27.9 Å². The van der Waals surface area contributed by atoms with Gasteiger partial charge in [0, 0.05) is 15.4 Å². The number of carbonyl (C=O) groups is 1. The lowest BCUT2D eigenvalue weighted by atomic mass is 9.94. The highest BCUT2D eigenvalue weighted by Crippen LogP contribution is 2.34. The van der Waals surface area contributed by atoms with Crippen LogP contribution in [-0.2, 0) is 18.0 Å². The topological polar surface area (TPSA) is 142 Å². The Bertz CT molecular complexity index is 1810. The molecule has 2 heterocycles. The summed E-state index contributed by atoms with van der Waals surface area (Å²) in [5, 5.41) is 4.87. The highest BCUT2D eigenvalue weighted by atomic mass is 32.2. The molecule has 0 amide bonds. The molecule has 0 bridgehead atoms. The Hall–Kier alpha value is -4.59. The largest absolute Gasteiger partial charge is 0.574 e. The molecule has 5 N–H and O–H groups in total. The van der Waals surface area contributed by atoms with Crippen LogP contribution in [0.15, 0.2) is 66.9 Å². The van der Waals surface area contributed by atoms with Crippen LogP contribution in [0.2, 0.25) is 0 Å². The summed E-state index contributed by atoms with van der Waals surface area (Å²) in [6.07, 6.45) is 4.89. The number of halogens is 2. The van der Waals surface area contributed by atoms with Crippen molar-refractivity contribution in [3.63, 3.8) is 0 Å². The number of fused-ring (bicyclic) bond motifs is 1. The molecule has 1 fully saturated rings. The van der Waals surface area contributed by atoms with Crippen LogP contribution in [0.4, 0.5) is 20.4 Å². The summed E-state index contributed by atoms with van der Waals surface area (Å²) < 4.78 is 52.7. The van der Waals surface area contributed by atoms with Crippen molar-refractivity contribution in [2.75, 3.05) is 10.5 Å². The Morgan fingerprint density at radius 3 is 2.72 bits per heavy atom. The average Bonchev–Trinajstić information content (AvgIpc) is 3.58. The van der Waals surface area contributed by atoms with Crippen LogP contribution in [-0.4, -0.2) is 31.1 Å². The van der Waals surface area contributed by atoms with Gasteiger partial charge in [-0.2, -0.15) is 9.82 Å². The van der Waals surface area contributed by atoms with Crippen LogP contribution >= 0.6 is 0 Å². The number of nitrogens with two attached hydrogens (primary N) is 1. The number of aromatic nitrogens is 3. The average molecular weight is 607 g/mol. The van der Waals surface area contributed by atoms with Gasteiger partial charge in [-0.1, -0.05) is 25.5 Å². The lowest BCUT2D eigenvalue weighted by Crippen LogP contribution is -2.42. The normalized spacial score (nSPS) is 14.0. The second-order valence-electron chi connectivity index (χ2n) is 10.2. The molecule has 13 heteroatoms. The number of ketones is 1. The molecule has 0 aliphatic heterocycles. The van der Waals surface area contributed by atoms with Gasteiger partial charge >= 0.3 is 0 Å². The maximum atomic E-state index is 14.1. The number of nitrogens with one attached hydrogen (secondary N) is 3. The van der Waals surface area contributed by atoms with Crippen molar-refractivity contribution in [2.24, 2.45) is 0 Å². The zero-order chi connectivity index (χ0) is 30.1. The number of nitrogens with zero attached hydrogens (tertiary/aromatic N) is 2. The zero-order valence-electron chi connectivity index (χ0n) is 23.0. The number of aryl methyl sites for hydroxylation is 1. The van der Waals surface area contributed by atoms with Gasteiger partial charge in [-0.05, 0) is 73.4 Å². The van der Waals surface area contributed by atoms with Gasteiger partial charge in [-0.25, -0.2) is 9.07 Å². The van der Waals surface area contributed by atoms with Gasteiger partial charge < -0.3 is 20.0 Å². The Labute approximate surface area is 248 Å². The summed E-state index contributed by atoms with van der Waals surface area (Å²) in [4.78, 5) is 20.5. The van der Waals surface area contributed by atoms with Gasteiger partial charge in [0.25, 0.3) is 0 Å². The first-order valence-electron chi connectivity index (χ1n) is 13.7. The number of benzene rings is 3. The standard InChI is InChI=1S/C30H28F2N6O4S/c1-2-17-12-20(41-27-9-4-3-8-22(27)31)10-11-26(17)38-30(33)21(16-34-38)29(39)25-13-18-14-28(42-32)24(15-23(18)35-25)37-43(40)36-19-6-5-7-19/h3-4,8-16,19,35-37H,2,5-7,33H2,1H3. The molecule has 6 rings (SSSR count). The lowest BCUT2D eigenvalue weighted by molar-refractivity contribution is -0.00505. The first-order valence-corrected chi connectivity index (χ1v) is 14.8. The molecule has 0 saturated heterocycles. The number of hydrogen-bond donors (Lipinski definition) is 4. The summed E-state index contributed by atoms with van der Waals surface area (Å²) in [5.41, 5.74) is 8.88. The molecule has 1 saturated carbocycles. The fraction of sp³-hybridized carbons (Fsp3) is 0.200. The number of nitrogen functional groups attached to an aromatic ring is 1. The molecule has 2 aromatic heterocycles. The van der Waals surface area contributed by atoms with E-state index in [9.17, 15) is 18.3 Å². The van der Waals surface area contributed by atoms with E-state index in [1.54, 1.807) is 42.5 Å². The minimum Gasteiger partial charge on any atom is -0.574 e. The van der Waals surface area contributed by atoms with Crippen LogP contribution < -0.4 is 24.9 Å². The number of carbonyl (C=O) groups excluding carboxylic acids is 1. The van der Waals surface area contributed by atoms with Crippen molar-refractivity contribution in [2.45, 2.75) is 38.6 Å². The maximum Gasteiger partial charge on any atom is 0.214 e. The molecule has 222 valence electrons. The summed E-state index contributed by atoms with van der Waals surface area (Å²) in [5.74, 6) is -0.402. The van der Waals surface area contributed by atoms with E-state index in [-0.39, 0.29) is 40.3 Å².